The van der Waals surface area contributed by atoms with Crippen LogP contribution in [-0.2, 0) is 4.79 Å². The highest BCUT2D eigenvalue weighted by molar-refractivity contribution is 6.32. The normalized spacial score (nSPS) is 13.8. The van der Waals surface area contributed by atoms with Crippen LogP contribution in [0.5, 0.6) is 5.75 Å². The lowest BCUT2D eigenvalue weighted by atomic mass is 10.0. The van der Waals surface area contributed by atoms with Crippen molar-refractivity contribution in [2.75, 3.05) is 0 Å². The van der Waals surface area contributed by atoms with Gasteiger partial charge in [0.25, 0.3) is 0 Å². The third kappa shape index (κ3) is 2.97. The van der Waals surface area contributed by atoms with Gasteiger partial charge >= 0.3 is 5.97 Å². The Morgan fingerprint density at radius 1 is 1.59 bits per heavy atom. The van der Waals surface area contributed by atoms with E-state index >= 15 is 0 Å². The van der Waals surface area contributed by atoms with Crippen molar-refractivity contribution in [3.8, 4) is 5.75 Å². The molecule has 0 fully saturated rings. The lowest BCUT2D eigenvalue weighted by molar-refractivity contribution is -0.154. The number of hydrogen-bond acceptors (Lipinski definition) is 3. The molecular weight excluding hydrogens is 244 g/mol. The summed E-state index contributed by atoms with van der Waals surface area (Å²) < 4.78 is 5.40. The highest BCUT2D eigenvalue weighted by Gasteiger charge is 2.34. The average molecular weight is 257 g/mol. The Bertz CT molecular complexity index is 444. The standard InChI is InChI=1S/C12H13ClO4/c1-3-12(2,11(15)16)17-10-5-4-8(7-14)6-9(10)13/h4-7H,3H2,1-2H3,(H,15,16). The molecule has 1 N–H and O–H groups in total. The van der Waals surface area contributed by atoms with Crippen LogP contribution >= 0.6 is 11.6 Å². The maximum atomic E-state index is 11.1. The topological polar surface area (TPSA) is 63.6 Å². The molecule has 0 heterocycles. The van der Waals surface area contributed by atoms with E-state index in [1.165, 1.54) is 25.1 Å². The number of aldehydes is 1. The van der Waals surface area contributed by atoms with Crippen LogP contribution in [0.25, 0.3) is 0 Å². The summed E-state index contributed by atoms with van der Waals surface area (Å²) in [5.74, 6) is -0.806. The number of benzene rings is 1. The van der Waals surface area contributed by atoms with E-state index in [1.807, 2.05) is 0 Å². The molecule has 0 aromatic heterocycles. The predicted molar refractivity (Wildman–Crippen MR) is 63.8 cm³/mol. The van der Waals surface area contributed by atoms with E-state index in [2.05, 4.69) is 0 Å². The van der Waals surface area contributed by atoms with Crippen LogP contribution in [0.2, 0.25) is 5.02 Å². The van der Waals surface area contributed by atoms with Gasteiger partial charge < -0.3 is 9.84 Å². The molecule has 5 heteroatoms. The number of ether oxygens (including phenoxy) is 1. The molecule has 1 rings (SSSR count). The molecule has 4 nitrogen and oxygen atoms in total. The summed E-state index contributed by atoms with van der Waals surface area (Å²) in [6, 6.07) is 4.44. The fourth-order valence-electron chi connectivity index (χ4n) is 1.18. The van der Waals surface area contributed by atoms with Crippen molar-refractivity contribution in [2.45, 2.75) is 25.9 Å². The average Bonchev–Trinajstić information content (AvgIpc) is 2.31. The second kappa shape index (κ2) is 5.19. The van der Waals surface area contributed by atoms with Crippen LogP contribution < -0.4 is 4.74 Å². The molecule has 0 amide bonds. The third-order valence-corrected chi connectivity index (χ3v) is 2.85. The smallest absolute Gasteiger partial charge is 0.347 e. The summed E-state index contributed by atoms with van der Waals surface area (Å²) >= 11 is 5.90. The summed E-state index contributed by atoms with van der Waals surface area (Å²) in [5.41, 5.74) is -0.914. The zero-order chi connectivity index (χ0) is 13.1. The molecule has 0 saturated heterocycles. The van der Waals surface area contributed by atoms with Gasteiger partial charge in [-0.2, -0.15) is 0 Å². The van der Waals surface area contributed by atoms with E-state index in [0.29, 0.717) is 18.3 Å². The minimum absolute atomic E-state index is 0.218. The van der Waals surface area contributed by atoms with Gasteiger partial charge in [-0.25, -0.2) is 4.79 Å². The van der Waals surface area contributed by atoms with Gasteiger partial charge in [0.2, 0.25) is 5.60 Å². The molecule has 0 spiro atoms. The Labute approximate surface area is 104 Å². The number of rotatable bonds is 5. The molecular formula is C12H13ClO4. The number of hydrogen-bond donors (Lipinski definition) is 1. The number of carbonyl (C=O) groups is 2. The summed E-state index contributed by atoms with van der Waals surface area (Å²) in [6.45, 7) is 3.18. The van der Waals surface area contributed by atoms with Gasteiger partial charge in [0.05, 0.1) is 5.02 Å². The minimum Gasteiger partial charge on any atom is -0.478 e. The van der Waals surface area contributed by atoms with Crippen LogP contribution in [0.15, 0.2) is 18.2 Å². The minimum atomic E-state index is -1.33. The van der Waals surface area contributed by atoms with Crippen molar-refractivity contribution in [3.05, 3.63) is 28.8 Å². The lowest BCUT2D eigenvalue weighted by Crippen LogP contribution is -2.40. The number of halogens is 1. The van der Waals surface area contributed by atoms with Crippen LogP contribution in [0, 0.1) is 0 Å². The molecule has 1 atom stereocenters. The maximum absolute atomic E-state index is 11.1. The largest absolute Gasteiger partial charge is 0.478 e. The van der Waals surface area contributed by atoms with Crippen LogP contribution in [-0.4, -0.2) is 23.0 Å². The van der Waals surface area contributed by atoms with Crippen LogP contribution in [0.3, 0.4) is 0 Å². The Kier molecular flexibility index (Phi) is 4.12. The second-order valence-corrected chi connectivity index (χ2v) is 4.21. The first-order valence-corrected chi connectivity index (χ1v) is 5.48. The molecule has 0 aliphatic carbocycles. The number of aliphatic carboxylic acids is 1. The summed E-state index contributed by atoms with van der Waals surface area (Å²) in [4.78, 5) is 21.6. The van der Waals surface area contributed by atoms with Crippen LogP contribution in [0.4, 0.5) is 0 Å². The molecule has 0 aliphatic rings. The molecule has 0 saturated carbocycles. The Hall–Kier alpha value is -1.55. The molecule has 1 unspecified atom stereocenters. The first-order valence-electron chi connectivity index (χ1n) is 5.10. The Morgan fingerprint density at radius 2 is 2.24 bits per heavy atom. The molecule has 1 aromatic carbocycles. The molecule has 0 aliphatic heterocycles. The van der Waals surface area contributed by atoms with Gasteiger partial charge in [0, 0.05) is 5.56 Å². The van der Waals surface area contributed by atoms with Gasteiger partial charge in [0.1, 0.15) is 12.0 Å². The van der Waals surface area contributed by atoms with Crippen molar-refractivity contribution in [3.63, 3.8) is 0 Å². The SMILES string of the molecule is CCC(C)(Oc1ccc(C=O)cc1Cl)C(=O)O. The summed E-state index contributed by atoms with van der Waals surface area (Å²) in [6.07, 6.45) is 0.958. The monoisotopic (exact) mass is 256 g/mol. The van der Waals surface area contributed by atoms with Gasteiger partial charge in [-0.15, -0.1) is 0 Å². The van der Waals surface area contributed by atoms with E-state index in [0.717, 1.165) is 0 Å². The fraction of sp³-hybridized carbons (Fsp3) is 0.333. The van der Waals surface area contributed by atoms with Crippen molar-refractivity contribution < 1.29 is 19.4 Å². The second-order valence-electron chi connectivity index (χ2n) is 3.80. The highest BCUT2D eigenvalue weighted by atomic mass is 35.5. The van der Waals surface area contributed by atoms with Gasteiger partial charge in [-0.3, -0.25) is 4.79 Å². The van der Waals surface area contributed by atoms with Crippen molar-refractivity contribution in [1.29, 1.82) is 0 Å². The van der Waals surface area contributed by atoms with Crippen molar-refractivity contribution >= 4 is 23.9 Å². The lowest BCUT2D eigenvalue weighted by Gasteiger charge is -2.25. The quantitative estimate of drug-likeness (QED) is 0.823. The van der Waals surface area contributed by atoms with E-state index in [-0.39, 0.29) is 10.8 Å². The van der Waals surface area contributed by atoms with Crippen LogP contribution in [0.1, 0.15) is 30.6 Å². The van der Waals surface area contributed by atoms with E-state index < -0.39 is 11.6 Å². The molecule has 92 valence electrons. The van der Waals surface area contributed by atoms with Gasteiger partial charge in [-0.05, 0) is 31.5 Å². The Morgan fingerprint density at radius 3 is 2.65 bits per heavy atom. The fourth-order valence-corrected chi connectivity index (χ4v) is 1.41. The maximum Gasteiger partial charge on any atom is 0.347 e. The van der Waals surface area contributed by atoms with Gasteiger partial charge in [0.15, 0.2) is 0 Å². The highest BCUT2D eigenvalue weighted by Crippen LogP contribution is 2.29. The van der Waals surface area contributed by atoms with E-state index in [1.54, 1.807) is 6.92 Å². The van der Waals surface area contributed by atoms with E-state index in [9.17, 15) is 9.59 Å². The number of carboxylic acid groups (broad SMARTS) is 1. The van der Waals surface area contributed by atoms with Crippen molar-refractivity contribution in [1.82, 2.24) is 0 Å². The zero-order valence-electron chi connectivity index (χ0n) is 9.57. The van der Waals surface area contributed by atoms with Gasteiger partial charge in [-0.1, -0.05) is 18.5 Å². The first kappa shape index (κ1) is 13.5. The summed E-state index contributed by atoms with van der Waals surface area (Å²) in [5, 5.41) is 9.28. The van der Waals surface area contributed by atoms with Crippen molar-refractivity contribution in [2.24, 2.45) is 0 Å². The first-order chi connectivity index (χ1) is 7.92. The number of carbonyl (C=O) groups excluding carboxylic acids is 1. The summed E-state index contributed by atoms with van der Waals surface area (Å²) in [7, 11) is 0. The zero-order valence-corrected chi connectivity index (χ0v) is 10.3. The Balaban J connectivity index is 3.02. The molecule has 0 bridgehead atoms. The molecule has 0 radical (unpaired) electrons. The molecule has 1 aromatic rings. The predicted octanol–water partition coefficient (Wildman–Crippen LogP) is 2.78. The number of carboxylic acids is 1. The van der Waals surface area contributed by atoms with E-state index in [4.69, 9.17) is 21.4 Å². The molecule has 17 heavy (non-hydrogen) atoms. The third-order valence-electron chi connectivity index (χ3n) is 2.55.